The number of nitrogens with zero attached hydrogens (tertiary/aromatic N) is 5. The molecule has 2 aliphatic carbocycles. The van der Waals surface area contributed by atoms with Crippen molar-refractivity contribution in [3.63, 3.8) is 0 Å². The van der Waals surface area contributed by atoms with Crippen molar-refractivity contribution in [2.75, 3.05) is 11.9 Å². The van der Waals surface area contributed by atoms with Gasteiger partial charge in [0.1, 0.15) is 11.4 Å². The van der Waals surface area contributed by atoms with E-state index in [-0.39, 0.29) is 23.8 Å². The molecule has 35 heavy (non-hydrogen) atoms. The minimum Gasteiger partial charge on any atom is -0.353 e. The third kappa shape index (κ3) is 5.28. The highest BCUT2D eigenvalue weighted by molar-refractivity contribution is 6.00. The standard InChI is InChI=1S/C26H33N7O2/c1-32(21-8-5-14-27-16-21)23-13-15-33-24(31-23)22(17-28-33)26(35)30-20-11-9-18(10-12-20)25(34)29-19-6-3-2-4-7-19/h5,8,13-20H,2-4,6-7,9-12H2,1H3,(H,29,34)(H,30,35). The second-order valence-corrected chi connectivity index (χ2v) is 9.75. The monoisotopic (exact) mass is 475 g/mol. The fraction of sp³-hybridized carbons (Fsp3) is 0.500. The Morgan fingerprint density at radius 3 is 2.49 bits per heavy atom. The molecule has 9 nitrogen and oxygen atoms in total. The molecule has 184 valence electrons. The Morgan fingerprint density at radius 2 is 1.74 bits per heavy atom. The number of carbonyl (C=O) groups is 2. The average Bonchev–Trinajstić information content (AvgIpc) is 3.33. The van der Waals surface area contributed by atoms with Gasteiger partial charge in [0.15, 0.2) is 5.65 Å². The maximum Gasteiger partial charge on any atom is 0.256 e. The fourth-order valence-corrected chi connectivity index (χ4v) is 5.22. The summed E-state index contributed by atoms with van der Waals surface area (Å²) in [6, 6.07) is 6.08. The van der Waals surface area contributed by atoms with Crippen molar-refractivity contribution in [2.45, 2.75) is 69.9 Å². The number of pyridine rings is 1. The SMILES string of the molecule is CN(c1cccnc1)c1ccn2ncc(C(=O)NC3CCC(C(=O)NC4CCCCC4)CC3)c2n1. The van der Waals surface area contributed by atoms with Crippen LogP contribution in [0.3, 0.4) is 0 Å². The van der Waals surface area contributed by atoms with Gasteiger partial charge in [-0.15, -0.1) is 0 Å². The van der Waals surface area contributed by atoms with Crippen LogP contribution in [0.5, 0.6) is 0 Å². The zero-order valence-electron chi connectivity index (χ0n) is 20.2. The molecule has 0 aliphatic heterocycles. The van der Waals surface area contributed by atoms with Gasteiger partial charge in [-0.3, -0.25) is 14.6 Å². The van der Waals surface area contributed by atoms with Crippen LogP contribution in [0.15, 0.2) is 43.0 Å². The smallest absolute Gasteiger partial charge is 0.256 e. The van der Waals surface area contributed by atoms with Crippen LogP contribution < -0.4 is 15.5 Å². The van der Waals surface area contributed by atoms with Crippen LogP contribution in [0.25, 0.3) is 5.65 Å². The summed E-state index contributed by atoms with van der Waals surface area (Å²) in [6.45, 7) is 0. The van der Waals surface area contributed by atoms with Crippen molar-refractivity contribution < 1.29 is 9.59 Å². The van der Waals surface area contributed by atoms with E-state index < -0.39 is 0 Å². The first kappa shape index (κ1) is 23.3. The van der Waals surface area contributed by atoms with Crippen LogP contribution in [0, 0.1) is 5.92 Å². The molecular formula is C26H33N7O2. The van der Waals surface area contributed by atoms with Gasteiger partial charge in [-0.1, -0.05) is 19.3 Å². The van der Waals surface area contributed by atoms with E-state index in [1.54, 1.807) is 29.3 Å². The van der Waals surface area contributed by atoms with Gasteiger partial charge in [0, 0.05) is 37.4 Å². The number of amides is 2. The molecular weight excluding hydrogens is 442 g/mol. The molecule has 3 aromatic rings. The van der Waals surface area contributed by atoms with E-state index in [0.29, 0.717) is 23.1 Å². The molecule has 0 bridgehead atoms. The zero-order valence-corrected chi connectivity index (χ0v) is 20.2. The lowest BCUT2D eigenvalue weighted by molar-refractivity contribution is -0.127. The van der Waals surface area contributed by atoms with Gasteiger partial charge in [-0.05, 0) is 56.7 Å². The van der Waals surface area contributed by atoms with E-state index in [4.69, 9.17) is 4.98 Å². The van der Waals surface area contributed by atoms with Crippen molar-refractivity contribution in [2.24, 2.45) is 5.92 Å². The van der Waals surface area contributed by atoms with Gasteiger partial charge in [-0.2, -0.15) is 5.10 Å². The molecule has 0 unspecified atom stereocenters. The number of fused-ring (bicyclic) bond motifs is 1. The first-order chi connectivity index (χ1) is 17.1. The third-order valence-corrected chi connectivity index (χ3v) is 7.36. The van der Waals surface area contributed by atoms with Crippen LogP contribution in [0.4, 0.5) is 11.5 Å². The Labute approximate surface area is 205 Å². The summed E-state index contributed by atoms with van der Waals surface area (Å²) in [5.74, 6) is 0.765. The molecule has 0 aromatic carbocycles. The van der Waals surface area contributed by atoms with Crippen molar-refractivity contribution in [1.82, 2.24) is 30.2 Å². The number of hydrogen-bond donors (Lipinski definition) is 2. The van der Waals surface area contributed by atoms with Crippen molar-refractivity contribution in [1.29, 1.82) is 0 Å². The van der Waals surface area contributed by atoms with Crippen molar-refractivity contribution in [3.8, 4) is 0 Å². The quantitative estimate of drug-likeness (QED) is 0.564. The maximum absolute atomic E-state index is 13.1. The molecule has 0 atom stereocenters. The molecule has 5 rings (SSSR count). The number of nitrogens with one attached hydrogen (secondary N) is 2. The molecule has 2 aliphatic rings. The zero-order chi connectivity index (χ0) is 24.2. The second kappa shape index (κ2) is 10.4. The topological polar surface area (TPSA) is 105 Å². The Hall–Kier alpha value is -3.49. The summed E-state index contributed by atoms with van der Waals surface area (Å²) in [5, 5.41) is 10.7. The summed E-state index contributed by atoms with van der Waals surface area (Å²) in [4.78, 5) is 36.6. The highest BCUT2D eigenvalue weighted by Crippen LogP contribution is 2.27. The molecule has 0 saturated heterocycles. The molecule has 0 spiro atoms. The number of carbonyl (C=O) groups excluding carboxylic acids is 2. The Bertz CT molecular complexity index is 1160. The summed E-state index contributed by atoms with van der Waals surface area (Å²) < 4.78 is 1.61. The van der Waals surface area contributed by atoms with Crippen LogP contribution in [-0.4, -0.2) is 50.5 Å². The Kier molecular flexibility index (Phi) is 6.92. The van der Waals surface area contributed by atoms with Crippen LogP contribution in [0.1, 0.15) is 68.1 Å². The van der Waals surface area contributed by atoms with Gasteiger partial charge >= 0.3 is 0 Å². The van der Waals surface area contributed by atoms with E-state index >= 15 is 0 Å². The van der Waals surface area contributed by atoms with E-state index in [2.05, 4.69) is 20.7 Å². The lowest BCUT2D eigenvalue weighted by atomic mass is 9.84. The second-order valence-electron chi connectivity index (χ2n) is 9.75. The minimum atomic E-state index is -0.177. The van der Waals surface area contributed by atoms with Gasteiger partial charge in [0.2, 0.25) is 5.91 Å². The number of hydrogen-bond acceptors (Lipinski definition) is 6. The number of aromatic nitrogens is 4. The molecule has 2 amide bonds. The van der Waals surface area contributed by atoms with Crippen LogP contribution >= 0.6 is 0 Å². The van der Waals surface area contributed by atoms with Crippen molar-refractivity contribution >= 4 is 29.0 Å². The molecule has 3 heterocycles. The third-order valence-electron chi connectivity index (χ3n) is 7.36. The maximum atomic E-state index is 13.1. The summed E-state index contributed by atoms with van der Waals surface area (Å²) in [7, 11) is 1.91. The number of rotatable bonds is 6. The Balaban J connectivity index is 1.20. The van der Waals surface area contributed by atoms with E-state index in [1.807, 2.05) is 30.1 Å². The largest absolute Gasteiger partial charge is 0.353 e. The Morgan fingerprint density at radius 1 is 0.971 bits per heavy atom. The molecule has 3 aromatic heterocycles. The predicted molar refractivity (Wildman–Crippen MR) is 134 cm³/mol. The molecule has 9 heteroatoms. The van der Waals surface area contributed by atoms with E-state index in [9.17, 15) is 9.59 Å². The minimum absolute atomic E-state index is 0.0503. The first-order valence-corrected chi connectivity index (χ1v) is 12.7. The van der Waals surface area contributed by atoms with Gasteiger partial charge < -0.3 is 15.5 Å². The average molecular weight is 476 g/mol. The summed E-state index contributed by atoms with van der Waals surface area (Å²) >= 11 is 0. The predicted octanol–water partition coefficient (Wildman–Crippen LogP) is 3.63. The van der Waals surface area contributed by atoms with Gasteiger partial charge in [0.05, 0.1) is 18.1 Å². The van der Waals surface area contributed by atoms with Crippen LogP contribution in [-0.2, 0) is 4.79 Å². The highest BCUT2D eigenvalue weighted by Gasteiger charge is 2.29. The van der Waals surface area contributed by atoms with E-state index in [0.717, 1.165) is 44.2 Å². The summed E-state index contributed by atoms with van der Waals surface area (Å²) in [6.07, 6.45) is 16.0. The van der Waals surface area contributed by atoms with Crippen molar-refractivity contribution in [3.05, 3.63) is 48.5 Å². The van der Waals surface area contributed by atoms with Crippen LogP contribution in [0.2, 0.25) is 0 Å². The molecule has 2 N–H and O–H groups in total. The molecule has 2 saturated carbocycles. The lowest BCUT2D eigenvalue weighted by Crippen LogP contribution is -2.43. The fourth-order valence-electron chi connectivity index (χ4n) is 5.22. The first-order valence-electron chi connectivity index (χ1n) is 12.7. The highest BCUT2D eigenvalue weighted by atomic mass is 16.2. The molecule has 0 radical (unpaired) electrons. The van der Waals surface area contributed by atoms with Gasteiger partial charge in [0.25, 0.3) is 5.91 Å². The summed E-state index contributed by atoms with van der Waals surface area (Å²) in [5.41, 5.74) is 1.86. The molecule has 2 fully saturated rings. The number of anilines is 2. The van der Waals surface area contributed by atoms with E-state index in [1.165, 1.54) is 19.3 Å². The normalized spacial score (nSPS) is 20.9. The lowest BCUT2D eigenvalue weighted by Gasteiger charge is -2.30. The van der Waals surface area contributed by atoms with Gasteiger partial charge in [-0.25, -0.2) is 9.50 Å².